The lowest BCUT2D eigenvalue weighted by atomic mass is 9.53. The lowest BCUT2D eigenvalue weighted by Gasteiger charge is -2.52. The topological polar surface area (TPSA) is 40.5 Å². The molecule has 7 atom stereocenters. The number of halogens is 1. The van der Waals surface area contributed by atoms with Gasteiger partial charge in [0, 0.05) is 0 Å². The van der Waals surface area contributed by atoms with Crippen molar-refractivity contribution in [2.75, 3.05) is 0 Å². The summed E-state index contributed by atoms with van der Waals surface area (Å²) in [5, 5.41) is 20.1. The molecule has 0 spiro atoms. The molecule has 1 aromatic carbocycles. The second kappa shape index (κ2) is 4.70. The Bertz CT molecular complexity index is 601. The van der Waals surface area contributed by atoms with Gasteiger partial charge >= 0.3 is 0 Å². The quantitative estimate of drug-likeness (QED) is 0.765. The van der Waals surface area contributed by atoms with Crippen LogP contribution in [0, 0.1) is 23.2 Å². The third-order valence-corrected chi connectivity index (χ3v) is 6.99. The summed E-state index contributed by atoms with van der Waals surface area (Å²) in [4.78, 5) is 0. The van der Waals surface area contributed by atoms with Crippen LogP contribution in [0.1, 0.15) is 50.2 Å². The number of rotatable bonds is 0. The summed E-state index contributed by atoms with van der Waals surface area (Å²) in [7, 11) is 0. The summed E-state index contributed by atoms with van der Waals surface area (Å²) in [5.74, 6) is 1.99. The first kappa shape index (κ1) is 14.5. The van der Waals surface area contributed by atoms with E-state index in [2.05, 4.69) is 19.9 Å². The zero-order chi connectivity index (χ0) is 15.6. The number of benzene rings is 1. The molecule has 0 radical (unpaired) electrons. The van der Waals surface area contributed by atoms with Gasteiger partial charge in [0.15, 0.2) is 0 Å². The molecule has 2 N–H and O–H groups in total. The number of aliphatic hydroxyl groups excluding tert-OH is 1. The van der Waals surface area contributed by atoms with Gasteiger partial charge in [-0.2, -0.15) is 0 Å². The summed E-state index contributed by atoms with van der Waals surface area (Å²) in [5.41, 5.74) is 2.34. The predicted molar refractivity (Wildman–Crippen MR) is 83.6 cm³/mol. The fourth-order valence-electron chi connectivity index (χ4n) is 5.91. The predicted octanol–water partition coefficient (Wildman–Crippen LogP) is 3.80. The Kier molecular flexibility index (Phi) is 3.10. The lowest BCUT2D eigenvalue weighted by Crippen LogP contribution is -2.47. The molecule has 2 nitrogen and oxygen atoms in total. The van der Waals surface area contributed by atoms with Gasteiger partial charge < -0.3 is 10.2 Å². The van der Waals surface area contributed by atoms with E-state index in [1.807, 2.05) is 6.07 Å². The standard InChI is InChI=1S/C19H25FO2/c1-10-7-11-8-12(21)3-4-13(11)14-5-6-19(2)15(17(10)14)9-16(20)18(19)22/h3-4,8,10,14-18,21-22H,5-7,9H2,1-2H3/t10-,14-,15+,16+,17-,18+,19+/m1/s1. The molecular weight excluding hydrogens is 279 g/mol. The van der Waals surface area contributed by atoms with Gasteiger partial charge in [-0.05, 0) is 78.0 Å². The second-order valence-corrected chi connectivity index (χ2v) is 8.10. The van der Waals surface area contributed by atoms with Crippen LogP contribution >= 0.6 is 0 Å². The van der Waals surface area contributed by atoms with Gasteiger partial charge in [0.25, 0.3) is 0 Å². The van der Waals surface area contributed by atoms with Crippen LogP contribution in [-0.4, -0.2) is 22.5 Å². The Labute approximate surface area is 131 Å². The normalized spacial score (nSPS) is 46.7. The summed E-state index contributed by atoms with van der Waals surface area (Å²) < 4.78 is 14.2. The van der Waals surface area contributed by atoms with E-state index in [-0.39, 0.29) is 11.3 Å². The molecule has 2 saturated carbocycles. The van der Waals surface area contributed by atoms with E-state index in [9.17, 15) is 14.6 Å². The molecule has 1 aromatic rings. The molecule has 0 saturated heterocycles. The van der Waals surface area contributed by atoms with Crippen LogP contribution in [-0.2, 0) is 6.42 Å². The molecule has 0 aromatic heterocycles. The molecule has 4 rings (SSSR count). The highest BCUT2D eigenvalue weighted by molar-refractivity contribution is 5.40. The largest absolute Gasteiger partial charge is 0.508 e. The molecule has 0 heterocycles. The molecule has 22 heavy (non-hydrogen) atoms. The van der Waals surface area contributed by atoms with Crippen LogP contribution in [0.25, 0.3) is 0 Å². The van der Waals surface area contributed by atoms with Gasteiger partial charge in [-0.15, -0.1) is 0 Å². The molecule has 0 aliphatic heterocycles. The van der Waals surface area contributed by atoms with Crippen molar-refractivity contribution in [2.24, 2.45) is 23.2 Å². The minimum absolute atomic E-state index is 0.261. The number of phenolic OH excluding ortho intramolecular Hbond substituents is 1. The van der Waals surface area contributed by atoms with E-state index in [0.717, 1.165) is 19.3 Å². The highest BCUT2D eigenvalue weighted by Crippen LogP contribution is 2.62. The average Bonchev–Trinajstić information content (AvgIpc) is 2.70. The Morgan fingerprint density at radius 1 is 1.32 bits per heavy atom. The molecule has 3 aliphatic rings. The van der Waals surface area contributed by atoms with E-state index in [0.29, 0.717) is 29.9 Å². The Morgan fingerprint density at radius 3 is 2.86 bits per heavy atom. The zero-order valence-corrected chi connectivity index (χ0v) is 13.3. The van der Waals surface area contributed by atoms with Gasteiger partial charge in [-0.25, -0.2) is 4.39 Å². The van der Waals surface area contributed by atoms with E-state index in [4.69, 9.17) is 0 Å². The third kappa shape index (κ3) is 1.81. The first-order valence-electron chi connectivity index (χ1n) is 8.55. The summed E-state index contributed by atoms with van der Waals surface area (Å²) in [6.45, 7) is 4.35. The minimum Gasteiger partial charge on any atom is -0.508 e. The van der Waals surface area contributed by atoms with Crippen LogP contribution < -0.4 is 0 Å². The van der Waals surface area contributed by atoms with Crippen molar-refractivity contribution < 1.29 is 14.6 Å². The second-order valence-electron chi connectivity index (χ2n) is 8.10. The molecule has 2 fully saturated rings. The SMILES string of the molecule is C[C@@H]1Cc2cc(O)ccc2[C@H]2CC[C@]3(C)[C@@H](O)[C@@H](F)C[C@H]3[C@H]12. The van der Waals surface area contributed by atoms with E-state index in [1.54, 1.807) is 6.07 Å². The Balaban J connectivity index is 1.76. The van der Waals surface area contributed by atoms with E-state index < -0.39 is 12.3 Å². The fraction of sp³-hybridized carbons (Fsp3) is 0.684. The average molecular weight is 304 g/mol. The van der Waals surface area contributed by atoms with Crippen LogP contribution in [0.15, 0.2) is 18.2 Å². The van der Waals surface area contributed by atoms with Crippen molar-refractivity contribution in [1.82, 2.24) is 0 Å². The van der Waals surface area contributed by atoms with Crippen molar-refractivity contribution in [1.29, 1.82) is 0 Å². The van der Waals surface area contributed by atoms with Gasteiger partial charge in [-0.3, -0.25) is 0 Å². The number of phenols is 1. The van der Waals surface area contributed by atoms with Gasteiger partial charge in [0.05, 0.1) is 6.10 Å². The van der Waals surface area contributed by atoms with Crippen molar-refractivity contribution in [3.63, 3.8) is 0 Å². The molecular formula is C19H25FO2. The van der Waals surface area contributed by atoms with Crippen LogP contribution in [0.2, 0.25) is 0 Å². The number of aliphatic hydroxyl groups is 1. The summed E-state index contributed by atoms with van der Waals surface area (Å²) in [6, 6.07) is 5.74. The van der Waals surface area contributed by atoms with Crippen LogP contribution in [0.5, 0.6) is 5.75 Å². The number of fused-ring (bicyclic) bond motifs is 5. The number of hydrogen-bond acceptors (Lipinski definition) is 2. The van der Waals surface area contributed by atoms with E-state index >= 15 is 0 Å². The maximum atomic E-state index is 14.2. The third-order valence-electron chi connectivity index (χ3n) is 6.99. The zero-order valence-electron chi connectivity index (χ0n) is 13.3. The highest BCUT2D eigenvalue weighted by Gasteiger charge is 2.59. The van der Waals surface area contributed by atoms with Crippen LogP contribution in [0.4, 0.5) is 4.39 Å². The summed E-state index contributed by atoms with van der Waals surface area (Å²) in [6.07, 6.45) is 1.51. The smallest absolute Gasteiger partial charge is 0.127 e. The summed E-state index contributed by atoms with van der Waals surface area (Å²) >= 11 is 0. The van der Waals surface area contributed by atoms with Gasteiger partial charge in [0.2, 0.25) is 0 Å². The molecule has 0 amide bonds. The maximum absolute atomic E-state index is 14.2. The molecule has 0 unspecified atom stereocenters. The monoisotopic (exact) mass is 304 g/mol. The minimum atomic E-state index is -1.07. The Morgan fingerprint density at radius 2 is 2.09 bits per heavy atom. The van der Waals surface area contributed by atoms with Crippen LogP contribution in [0.3, 0.4) is 0 Å². The first-order chi connectivity index (χ1) is 10.4. The Hall–Kier alpha value is -1.09. The lowest BCUT2D eigenvalue weighted by molar-refractivity contribution is -0.0464. The highest BCUT2D eigenvalue weighted by atomic mass is 19.1. The van der Waals surface area contributed by atoms with Crippen molar-refractivity contribution in [3.05, 3.63) is 29.3 Å². The van der Waals surface area contributed by atoms with Crippen molar-refractivity contribution in [3.8, 4) is 5.75 Å². The maximum Gasteiger partial charge on any atom is 0.127 e. The van der Waals surface area contributed by atoms with Gasteiger partial charge in [-0.1, -0.05) is 19.9 Å². The van der Waals surface area contributed by atoms with Gasteiger partial charge in [0.1, 0.15) is 11.9 Å². The first-order valence-corrected chi connectivity index (χ1v) is 8.55. The van der Waals surface area contributed by atoms with E-state index in [1.165, 1.54) is 11.1 Å². The fourth-order valence-corrected chi connectivity index (χ4v) is 5.91. The number of alkyl halides is 1. The molecule has 3 aliphatic carbocycles. The number of aromatic hydroxyl groups is 1. The molecule has 3 heteroatoms. The van der Waals surface area contributed by atoms with Crippen molar-refractivity contribution in [2.45, 2.75) is 57.7 Å². The van der Waals surface area contributed by atoms with Crippen molar-refractivity contribution >= 4 is 0 Å². The molecule has 120 valence electrons. The molecule has 0 bridgehead atoms. The number of hydrogen-bond donors (Lipinski definition) is 2.